The molecule has 1 aromatic rings. The van der Waals surface area contributed by atoms with Crippen LogP contribution in [0, 0.1) is 0 Å². The zero-order valence-electron chi connectivity index (χ0n) is 6.87. The van der Waals surface area contributed by atoms with Gasteiger partial charge >= 0.3 is 5.97 Å². The zero-order chi connectivity index (χ0) is 9.19. The molecule has 4 heteroatoms. The molecule has 0 saturated heterocycles. The minimum atomic E-state index is -0.894. The quantitative estimate of drug-likeness (QED) is 0.620. The van der Waals surface area contributed by atoms with E-state index in [1.165, 1.54) is 0 Å². The molecule has 0 aromatic carbocycles. The van der Waals surface area contributed by atoms with Gasteiger partial charge in [-0.3, -0.25) is 4.79 Å². The van der Waals surface area contributed by atoms with Crippen molar-refractivity contribution in [2.75, 3.05) is 0 Å². The lowest BCUT2D eigenvalue weighted by Crippen LogP contribution is -2.35. The molecule has 0 bridgehead atoms. The summed E-state index contributed by atoms with van der Waals surface area (Å²) in [7, 11) is 0. The lowest BCUT2D eigenvalue weighted by Gasteiger charge is -2.20. The highest BCUT2D eigenvalue weighted by Crippen LogP contribution is 2.18. The fourth-order valence-electron chi connectivity index (χ4n) is 1.09. The summed E-state index contributed by atoms with van der Waals surface area (Å²) < 4.78 is 0. The van der Waals surface area contributed by atoms with Crippen molar-refractivity contribution >= 4 is 5.97 Å². The zero-order valence-corrected chi connectivity index (χ0v) is 6.87. The fraction of sp³-hybridized carbons (Fsp3) is 0.375. The van der Waals surface area contributed by atoms with Crippen molar-refractivity contribution < 1.29 is 9.90 Å². The third kappa shape index (κ3) is 1.85. The number of carboxylic acid groups (broad SMARTS) is 1. The molecule has 66 valence electrons. The van der Waals surface area contributed by atoms with Gasteiger partial charge in [0.15, 0.2) is 0 Å². The Kier molecular flexibility index (Phi) is 2.19. The first kappa shape index (κ1) is 8.80. The van der Waals surface area contributed by atoms with Gasteiger partial charge < -0.3 is 15.8 Å². The van der Waals surface area contributed by atoms with Crippen LogP contribution in [0.4, 0.5) is 0 Å². The Balaban J connectivity index is 2.79. The molecule has 1 heterocycles. The first-order chi connectivity index (χ1) is 5.52. The number of rotatable bonds is 3. The van der Waals surface area contributed by atoms with Crippen molar-refractivity contribution in [3.63, 3.8) is 0 Å². The van der Waals surface area contributed by atoms with Gasteiger partial charge in [-0.2, -0.15) is 0 Å². The van der Waals surface area contributed by atoms with E-state index < -0.39 is 11.5 Å². The topological polar surface area (TPSA) is 79.1 Å². The number of hydrogen-bond acceptors (Lipinski definition) is 2. The van der Waals surface area contributed by atoms with Crippen LogP contribution in [0.1, 0.15) is 19.0 Å². The molecule has 1 aromatic heterocycles. The van der Waals surface area contributed by atoms with E-state index in [0.717, 1.165) is 5.69 Å². The van der Waals surface area contributed by atoms with Gasteiger partial charge in [-0.1, -0.05) is 0 Å². The maximum atomic E-state index is 10.4. The molecule has 4 nitrogen and oxygen atoms in total. The number of H-pyrrole nitrogens is 1. The minimum Gasteiger partial charge on any atom is -0.481 e. The average Bonchev–Trinajstić information content (AvgIpc) is 2.32. The van der Waals surface area contributed by atoms with Crippen molar-refractivity contribution in [1.82, 2.24) is 4.98 Å². The maximum absolute atomic E-state index is 10.4. The SMILES string of the molecule is C[C@@](N)(CC(=O)O)c1ccc[nH]1. The highest BCUT2D eigenvalue weighted by molar-refractivity contribution is 5.68. The van der Waals surface area contributed by atoms with Gasteiger partial charge in [-0.05, 0) is 19.1 Å². The summed E-state index contributed by atoms with van der Waals surface area (Å²) in [5, 5.41) is 8.55. The molecule has 12 heavy (non-hydrogen) atoms. The molecule has 0 saturated carbocycles. The summed E-state index contributed by atoms with van der Waals surface area (Å²) in [6.45, 7) is 1.69. The third-order valence-electron chi connectivity index (χ3n) is 1.73. The Bertz CT molecular complexity index is 265. The Labute approximate surface area is 70.4 Å². The summed E-state index contributed by atoms with van der Waals surface area (Å²) in [5.74, 6) is -0.894. The molecule has 0 radical (unpaired) electrons. The molecule has 0 amide bonds. The molecular formula is C8H12N2O2. The van der Waals surface area contributed by atoms with Crippen LogP contribution < -0.4 is 5.73 Å². The van der Waals surface area contributed by atoms with Gasteiger partial charge in [0.05, 0.1) is 12.0 Å². The standard InChI is InChI=1S/C8H12N2O2/c1-8(9,5-7(11)12)6-3-2-4-10-6/h2-4,10H,5,9H2,1H3,(H,11,12)/t8-/m1/s1. The molecule has 0 aliphatic carbocycles. The van der Waals surface area contributed by atoms with Crippen molar-refractivity contribution in [3.05, 3.63) is 24.0 Å². The Hall–Kier alpha value is -1.29. The van der Waals surface area contributed by atoms with Crippen molar-refractivity contribution in [2.45, 2.75) is 18.9 Å². The molecule has 0 spiro atoms. The second kappa shape index (κ2) is 2.98. The lowest BCUT2D eigenvalue weighted by molar-refractivity contribution is -0.138. The van der Waals surface area contributed by atoms with E-state index in [9.17, 15) is 4.79 Å². The van der Waals surface area contributed by atoms with Crippen LogP contribution in [0.2, 0.25) is 0 Å². The van der Waals surface area contributed by atoms with E-state index in [2.05, 4.69) is 4.98 Å². The van der Waals surface area contributed by atoms with Gasteiger partial charge in [0, 0.05) is 11.9 Å². The summed E-state index contributed by atoms with van der Waals surface area (Å²) >= 11 is 0. The number of carbonyl (C=O) groups is 1. The Morgan fingerprint density at radius 1 is 1.83 bits per heavy atom. The van der Waals surface area contributed by atoms with Crippen molar-refractivity contribution in [1.29, 1.82) is 0 Å². The van der Waals surface area contributed by atoms with Crippen molar-refractivity contribution in [3.8, 4) is 0 Å². The Morgan fingerprint density at radius 3 is 2.92 bits per heavy atom. The van der Waals surface area contributed by atoms with Crippen LogP contribution in [0.5, 0.6) is 0 Å². The molecule has 1 rings (SSSR count). The molecule has 4 N–H and O–H groups in total. The van der Waals surface area contributed by atoms with Crippen LogP contribution in [0.15, 0.2) is 18.3 Å². The largest absolute Gasteiger partial charge is 0.481 e. The first-order valence-corrected chi connectivity index (χ1v) is 3.67. The van der Waals surface area contributed by atoms with Gasteiger partial charge in [-0.15, -0.1) is 0 Å². The lowest BCUT2D eigenvalue weighted by atomic mass is 9.95. The summed E-state index contributed by atoms with van der Waals surface area (Å²) in [6, 6.07) is 3.57. The second-order valence-corrected chi connectivity index (χ2v) is 3.07. The summed E-state index contributed by atoms with van der Waals surface area (Å²) in [5.41, 5.74) is 5.70. The molecule has 0 unspecified atom stereocenters. The smallest absolute Gasteiger partial charge is 0.305 e. The van der Waals surface area contributed by atoms with E-state index >= 15 is 0 Å². The number of nitrogens with two attached hydrogens (primary N) is 1. The van der Waals surface area contributed by atoms with E-state index in [-0.39, 0.29) is 6.42 Å². The van der Waals surface area contributed by atoms with Gasteiger partial charge in [0.2, 0.25) is 0 Å². The van der Waals surface area contributed by atoms with Gasteiger partial charge in [0.1, 0.15) is 0 Å². The average molecular weight is 168 g/mol. The Morgan fingerprint density at radius 2 is 2.50 bits per heavy atom. The predicted octanol–water partition coefficient (Wildman–Crippen LogP) is 0.663. The van der Waals surface area contributed by atoms with Gasteiger partial charge in [-0.25, -0.2) is 0 Å². The molecular weight excluding hydrogens is 156 g/mol. The maximum Gasteiger partial charge on any atom is 0.305 e. The summed E-state index contributed by atoms with van der Waals surface area (Å²) in [6.07, 6.45) is 1.65. The highest BCUT2D eigenvalue weighted by atomic mass is 16.4. The molecule has 0 aliphatic rings. The molecule has 0 fully saturated rings. The fourth-order valence-corrected chi connectivity index (χ4v) is 1.09. The van der Waals surface area contributed by atoms with E-state index in [0.29, 0.717) is 0 Å². The van der Waals surface area contributed by atoms with Crippen LogP contribution in [0.3, 0.4) is 0 Å². The number of aromatic nitrogens is 1. The van der Waals surface area contributed by atoms with E-state index in [4.69, 9.17) is 10.8 Å². The summed E-state index contributed by atoms with van der Waals surface area (Å²) in [4.78, 5) is 13.3. The van der Waals surface area contributed by atoms with E-state index in [1.54, 1.807) is 25.3 Å². The number of hydrogen-bond donors (Lipinski definition) is 3. The second-order valence-electron chi connectivity index (χ2n) is 3.07. The minimum absolute atomic E-state index is 0.0759. The van der Waals surface area contributed by atoms with Crippen molar-refractivity contribution in [2.24, 2.45) is 5.73 Å². The van der Waals surface area contributed by atoms with Crippen LogP contribution in [0.25, 0.3) is 0 Å². The number of carboxylic acids is 1. The highest BCUT2D eigenvalue weighted by Gasteiger charge is 2.25. The van der Waals surface area contributed by atoms with Crippen LogP contribution in [-0.2, 0) is 10.3 Å². The predicted molar refractivity (Wildman–Crippen MR) is 44.6 cm³/mol. The normalized spacial score (nSPS) is 15.5. The molecule has 1 atom stereocenters. The monoisotopic (exact) mass is 168 g/mol. The number of aromatic amines is 1. The number of nitrogens with one attached hydrogen (secondary N) is 1. The molecule has 0 aliphatic heterocycles. The third-order valence-corrected chi connectivity index (χ3v) is 1.73. The van der Waals surface area contributed by atoms with Gasteiger partial charge in [0.25, 0.3) is 0 Å². The first-order valence-electron chi connectivity index (χ1n) is 3.67. The van der Waals surface area contributed by atoms with Crippen LogP contribution in [-0.4, -0.2) is 16.1 Å². The van der Waals surface area contributed by atoms with E-state index in [1.807, 2.05) is 0 Å². The number of aliphatic carboxylic acids is 1. The van der Waals surface area contributed by atoms with Crippen LogP contribution >= 0.6 is 0 Å².